The molecule has 0 spiro atoms. The van der Waals surface area contributed by atoms with Crippen molar-refractivity contribution in [1.82, 2.24) is 0 Å². The Morgan fingerprint density at radius 3 is 1.90 bits per heavy atom. The van der Waals surface area contributed by atoms with Crippen LogP contribution in [0.1, 0.15) is 44.2 Å². The molecule has 3 aliphatic rings. The van der Waals surface area contributed by atoms with Crippen molar-refractivity contribution in [2.24, 2.45) is 5.92 Å². The third-order valence-electron chi connectivity index (χ3n) is 6.65. The number of hydrogen-bond donors (Lipinski definition) is 0. The van der Waals surface area contributed by atoms with Crippen molar-refractivity contribution in [2.45, 2.75) is 63.9 Å². The summed E-state index contributed by atoms with van der Waals surface area (Å²) in [5, 5.41) is 0. The number of rotatable bonds is 4. The van der Waals surface area contributed by atoms with Crippen LogP contribution in [-0.4, -0.2) is 37.4 Å². The first-order valence-electron chi connectivity index (χ1n) is 11.0. The van der Waals surface area contributed by atoms with Gasteiger partial charge in [-0.25, -0.2) is 17.6 Å². The van der Waals surface area contributed by atoms with E-state index in [1.54, 1.807) is 55.5 Å². The predicted octanol–water partition coefficient (Wildman–Crippen LogP) is 6.91. The maximum absolute atomic E-state index is 15.0. The molecule has 1 aromatic rings. The third kappa shape index (κ3) is 4.30. The van der Waals surface area contributed by atoms with Gasteiger partial charge >= 0.3 is 0 Å². The van der Waals surface area contributed by atoms with Gasteiger partial charge in [-0.3, -0.25) is 0 Å². The van der Waals surface area contributed by atoms with E-state index in [-0.39, 0.29) is 23.2 Å². The lowest BCUT2D eigenvalue weighted by molar-refractivity contribution is 0.000343. The number of benzene rings is 1. The topological polar surface area (TPSA) is 9.23 Å². The molecule has 5 heteroatoms. The Morgan fingerprint density at radius 2 is 1.35 bits per heavy atom. The van der Waals surface area contributed by atoms with Gasteiger partial charge in [0.15, 0.2) is 24.7 Å². The molecule has 0 aromatic heterocycles. The van der Waals surface area contributed by atoms with Crippen LogP contribution in [0.2, 0.25) is 0 Å². The van der Waals surface area contributed by atoms with Gasteiger partial charge in [0, 0.05) is 5.92 Å². The van der Waals surface area contributed by atoms with E-state index in [2.05, 4.69) is 0 Å². The molecule has 166 valence electrons. The molecular weight excluding hydrogens is 404 g/mol. The first-order valence-corrected chi connectivity index (χ1v) is 11.0. The van der Waals surface area contributed by atoms with E-state index in [9.17, 15) is 13.2 Å². The van der Waals surface area contributed by atoms with Crippen LogP contribution in [0.5, 0.6) is 0 Å². The number of allylic oxidation sites excluding steroid dienone is 7. The van der Waals surface area contributed by atoms with Crippen molar-refractivity contribution < 1.29 is 22.3 Å². The lowest BCUT2D eigenvalue weighted by atomic mass is 9.81. The second kappa shape index (κ2) is 9.15. The molecule has 1 aliphatic heterocycles. The van der Waals surface area contributed by atoms with E-state index in [0.717, 1.165) is 12.8 Å². The molecular formula is C26H28F4O. The zero-order valence-corrected chi connectivity index (χ0v) is 17.8. The average Bonchev–Trinajstić information content (AvgIpc) is 2.78. The molecule has 1 heterocycles. The fourth-order valence-corrected chi connectivity index (χ4v) is 4.61. The third-order valence-corrected chi connectivity index (χ3v) is 6.65. The van der Waals surface area contributed by atoms with Crippen LogP contribution in [0.4, 0.5) is 17.6 Å². The van der Waals surface area contributed by atoms with Crippen LogP contribution in [0.3, 0.4) is 0 Å². The minimum Gasteiger partial charge on any atom is -0.378 e. The molecule has 1 fully saturated rings. The number of ether oxygens (including phenoxy) is 1. The highest BCUT2D eigenvalue weighted by molar-refractivity contribution is 5.77. The van der Waals surface area contributed by atoms with Crippen LogP contribution in [-0.2, 0) is 4.74 Å². The SMILES string of the molecule is CCC1=CC=C(c2ccc(C3=CC=C(C4CCC(C)OC4)C(F)C3F)cc2)C(F)C1F. The Kier molecular flexibility index (Phi) is 6.52. The minimum absolute atomic E-state index is 0.0981. The minimum atomic E-state index is -1.77. The van der Waals surface area contributed by atoms with Gasteiger partial charge < -0.3 is 4.74 Å². The largest absolute Gasteiger partial charge is 0.378 e. The van der Waals surface area contributed by atoms with E-state index in [4.69, 9.17) is 4.74 Å². The van der Waals surface area contributed by atoms with E-state index < -0.39 is 24.7 Å². The maximum atomic E-state index is 15.0. The summed E-state index contributed by atoms with van der Waals surface area (Å²) in [5.74, 6) is -0.0981. The summed E-state index contributed by atoms with van der Waals surface area (Å²) in [7, 11) is 0. The molecule has 0 radical (unpaired) electrons. The van der Waals surface area contributed by atoms with Crippen molar-refractivity contribution in [1.29, 1.82) is 0 Å². The van der Waals surface area contributed by atoms with Gasteiger partial charge in [0.2, 0.25) is 0 Å². The van der Waals surface area contributed by atoms with Crippen LogP contribution in [0, 0.1) is 5.92 Å². The molecule has 0 amide bonds. The second-order valence-electron chi connectivity index (χ2n) is 8.61. The zero-order valence-electron chi connectivity index (χ0n) is 17.8. The van der Waals surface area contributed by atoms with Crippen molar-refractivity contribution in [3.63, 3.8) is 0 Å². The Bertz CT molecular complexity index is 919. The van der Waals surface area contributed by atoms with Gasteiger partial charge in [-0.2, -0.15) is 0 Å². The average molecular weight is 433 g/mol. The van der Waals surface area contributed by atoms with Crippen LogP contribution < -0.4 is 0 Å². The van der Waals surface area contributed by atoms with E-state index >= 15 is 4.39 Å². The Labute approximate surface area is 181 Å². The summed E-state index contributed by atoms with van der Waals surface area (Å²) < 4.78 is 64.4. The molecule has 4 rings (SSSR count). The van der Waals surface area contributed by atoms with Gasteiger partial charge in [0.05, 0.1) is 12.7 Å². The number of alkyl halides is 4. The zero-order chi connectivity index (χ0) is 22.1. The molecule has 6 unspecified atom stereocenters. The van der Waals surface area contributed by atoms with Gasteiger partial charge in [-0.05, 0) is 59.6 Å². The van der Waals surface area contributed by atoms with Crippen molar-refractivity contribution >= 4 is 11.1 Å². The summed E-state index contributed by atoms with van der Waals surface area (Å²) in [5.41, 5.74) is 2.51. The fourth-order valence-electron chi connectivity index (χ4n) is 4.61. The van der Waals surface area contributed by atoms with Crippen molar-refractivity contribution in [2.75, 3.05) is 6.61 Å². The number of halogens is 4. The Hall–Kier alpha value is -2.14. The normalized spacial score (nSPS) is 33.9. The smallest absolute Gasteiger partial charge is 0.161 e. The molecule has 1 saturated heterocycles. The van der Waals surface area contributed by atoms with Crippen LogP contribution in [0.25, 0.3) is 11.1 Å². The summed E-state index contributed by atoms with van der Waals surface area (Å²) in [6, 6.07) is 6.57. The molecule has 2 aliphatic carbocycles. The van der Waals surface area contributed by atoms with Gasteiger partial charge in [-0.1, -0.05) is 55.5 Å². The summed E-state index contributed by atoms with van der Waals surface area (Å²) in [6.45, 7) is 4.20. The monoisotopic (exact) mass is 432 g/mol. The van der Waals surface area contributed by atoms with Crippen LogP contribution >= 0.6 is 0 Å². The molecule has 31 heavy (non-hydrogen) atoms. The fraction of sp³-hybridized carbons (Fsp3) is 0.462. The van der Waals surface area contributed by atoms with Gasteiger partial charge in [-0.15, -0.1) is 0 Å². The predicted molar refractivity (Wildman–Crippen MR) is 117 cm³/mol. The molecule has 0 saturated carbocycles. The molecule has 0 N–H and O–H groups in total. The highest BCUT2D eigenvalue weighted by Gasteiger charge is 2.36. The maximum Gasteiger partial charge on any atom is 0.161 e. The summed E-state index contributed by atoms with van der Waals surface area (Å²) >= 11 is 0. The van der Waals surface area contributed by atoms with E-state index in [1.165, 1.54) is 0 Å². The molecule has 6 atom stereocenters. The highest BCUT2D eigenvalue weighted by Crippen LogP contribution is 2.39. The standard InChI is InChI=1S/C26H28F4O/c1-3-16-10-11-20(24(28)23(16)27)17-6-8-18(9-7-17)21-12-13-22(26(30)25(21)29)19-5-4-15(2)31-14-19/h6-13,15,19,23-26H,3-5,14H2,1-2H3. The quantitative estimate of drug-likeness (QED) is 0.470. The van der Waals surface area contributed by atoms with Crippen LogP contribution in [0.15, 0.2) is 59.7 Å². The second-order valence-corrected chi connectivity index (χ2v) is 8.61. The van der Waals surface area contributed by atoms with Crippen molar-refractivity contribution in [3.8, 4) is 0 Å². The summed E-state index contributed by atoms with van der Waals surface area (Å²) in [4.78, 5) is 0. The lowest BCUT2D eigenvalue weighted by Crippen LogP contribution is -2.33. The summed E-state index contributed by atoms with van der Waals surface area (Å²) in [6.07, 6.45) is 1.94. The van der Waals surface area contributed by atoms with E-state index in [0.29, 0.717) is 35.3 Å². The first-order chi connectivity index (χ1) is 14.9. The first kappa shape index (κ1) is 22.1. The van der Waals surface area contributed by atoms with E-state index in [1.807, 2.05) is 6.92 Å². The molecule has 0 bridgehead atoms. The Morgan fingerprint density at radius 1 is 0.774 bits per heavy atom. The Balaban J connectivity index is 1.55. The molecule has 1 nitrogen and oxygen atoms in total. The molecule has 1 aromatic carbocycles. The van der Waals surface area contributed by atoms with Crippen molar-refractivity contribution in [3.05, 3.63) is 70.8 Å². The van der Waals surface area contributed by atoms with Gasteiger partial charge in [0.1, 0.15) is 0 Å². The highest BCUT2D eigenvalue weighted by atomic mass is 19.2. The lowest BCUT2D eigenvalue weighted by Gasteiger charge is -2.33. The number of hydrogen-bond acceptors (Lipinski definition) is 1. The van der Waals surface area contributed by atoms with Gasteiger partial charge in [0.25, 0.3) is 0 Å².